The van der Waals surface area contributed by atoms with Crippen molar-refractivity contribution in [2.75, 3.05) is 0 Å². The van der Waals surface area contributed by atoms with Crippen LogP contribution in [0, 0.1) is 0 Å². The van der Waals surface area contributed by atoms with Crippen molar-refractivity contribution >= 4 is 64.6 Å². The van der Waals surface area contributed by atoms with Crippen LogP contribution in [-0.2, 0) is 0 Å². The van der Waals surface area contributed by atoms with E-state index in [4.69, 9.17) is 0 Å². The summed E-state index contributed by atoms with van der Waals surface area (Å²) >= 11 is 0. The van der Waals surface area contributed by atoms with Gasteiger partial charge in [-0.15, -0.1) is 0 Å². The fourth-order valence-electron chi connectivity index (χ4n) is 9.49. The first-order chi connectivity index (χ1) is 29.7. The predicted octanol–water partition coefficient (Wildman–Crippen LogP) is 16.9. The zero-order valence-corrected chi connectivity index (χ0v) is 32.9. The third-order valence-corrected chi connectivity index (χ3v) is 12.6. The quantitative estimate of drug-likeness (QED) is 0.153. The van der Waals surface area contributed by atoms with E-state index in [9.17, 15) is 0 Å². The van der Waals surface area contributed by atoms with Gasteiger partial charge in [0, 0.05) is 0 Å². The first-order valence-electron chi connectivity index (χ1n) is 20.8. The van der Waals surface area contributed by atoms with Crippen LogP contribution in [0.3, 0.4) is 0 Å². The maximum Gasteiger partial charge on any atom is -0.00923 e. The van der Waals surface area contributed by atoms with E-state index in [1.54, 1.807) is 0 Å². The Hall–Kier alpha value is -7.80. The Balaban J connectivity index is 1.06. The molecule has 0 saturated carbocycles. The molecular formula is C60H38. The molecule has 0 unspecified atom stereocenters. The lowest BCUT2D eigenvalue weighted by Gasteiger charge is -2.17. The fraction of sp³-hybridized carbons (Fsp3) is 0. The molecular weight excluding hydrogens is 721 g/mol. The molecule has 0 spiro atoms. The van der Waals surface area contributed by atoms with E-state index in [0.717, 1.165) is 0 Å². The Bertz CT molecular complexity index is 3630. The van der Waals surface area contributed by atoms with Gasteiger partial charge in [-0.25, -0.2) is 0 Å². The summed E-state index contributed by atoms with van der Waals surface area (Å²) < 4.78 is 0. The third kappa shape index (κ3) is 5.84. The summed E-state index contributed by atoms with van der Waals surface area (Å²) in [5.74, 6) is 0. The molecule has 12 rings (SSSR count). The van der Waals surface area contributed by atoms with Gasteiger partial charge in [-0.05, 0) is 169 Å². The highest BCUT2D eigenvalue weighted by atomic mass is 14.2. The summed E-state index contributed by atoms with van der Waals surface area (Å²) in [4.78, 5) is 0. The highest BCUT2D eigenvalue weighted by molar-refractivity contribution is 6.21. The van der Waals surface area contributed by atoms with E-state index in [1.165, 1.54) is 120 Å². The molecule has 0 fully saturated rings. The van der Waals surface area contributed by atoms with Gasteiger partial charge in [0.2, 0.25) is 0 Å². The van der Waals surface area contributed by atoms with Crippen LogP contribution in [-0.4, -0.2) is 0 Å². The summed E-state index contributed by atoms with van der Waals surface area (Å²) in [6, 6.07) is 85.3. The minimum atomic E-state index is 1.21. The van der Waals surface area contributed by atoms with Gasteiger partial charge in [-0.2, -0.15) is 0 Å². The summed E-state index contributed by atoms with van der Waals surface area (Å²) in [7, 11) is 0. The van der Waals surface area contributed by atoms with E-state index in [0.29, 0.717) is 0 Å². The third-order valence-electron chi connectivity index (χ3n) is 12.6. The molecule has 12 aromatic rings. The molecule has 60 heavy (non-hydrogen) atoms. The average Bonchev–Trinajstić information content (AvgIpc) is 3.33. The van der Waals surface area contributed by atoms with Crippen molar-refractivity contribution in [2.45, 2.75) is 0 Å². The number of fused-ring (bicyclic) bond motifs is 8. The molecule has 0 N–H and O–H groups in total. The Morgan fingerprint density at radius 3 is 1.10 bits per heavy atom. The Labute approximate surface area is 349 Å². The van der Waals surface area contributed by atoms with Gasteiger partial charge < -0.3 is 0 Å². The largest absolute Gasteiger partial charge is 0.0622 e. The maximum atomic E-state index is 2.45. The van der Waals surface area contributed by atoms with Crippen LogP contribution in [0.5, 0.6) is 0 Å². The van der Waals surface area contributed by atoms with Crippen LogP contribution < -0.4 is 0 Å². The number of rotatable bonds is 5. The Kier molecular flexibility index (Phi) is 7.96. The summed E-state index contributed by atoms with van der Waals surface area (Å²) in [6.45, 7) is 0. The smallest absolute Gasteiger partial charge is 0.00923 e. The molecule has 12 aromatic carbocycles. The molecule has 0 aliphatic rings. The Morgan fingerprint density at radius 1 is 0.150 bits per heavy atom. The molecule has 0 aromatic heterocycles. The van der Waals surface area contributed by atoms with E-state index in [-0.39, 0.29) is 0 Å². The minimum absolute atomic E-state index is 1.21. The first kappa shape index (κ1) is 34.3. The molecule has 278 valence electrons. The molecule has 0 heterocycles. The zero-order chi connectivity index (χ0) is 39.6. The average molecular weight is 759 g/mol. The van der Waals surface area contributed by atoms with E-state index in [2.05, 4.69) is 231 Å². The molecule has 0 aliphatic carbocycles. The van der Waals surface area contributed by atoms with Crippen LogP contribution in [0.4, 0.5) is 0 Å². The van der Waals surface area contributed by atoms with E-state index >= 15 is 0 Å². The molecule has 0 bridgehead atoms. The van der Waals surface area contributed by atoms with Gasteiger partial charge in [0.1, 0.15) is 0 Å². The second-order valence-electron chi connectivity index (χ2n) is 16.1. The monoisotopic (exact) mass is 758 g/mol. The number of hydrogen-bond donors (Lipinski definition) is 0. The highest BCUT2D eigenvalue weighted by Crippen LogP contribution is 2.43. The molecule has 0 aliphatic heterocycles. The lowest BCUT2D eigenvalue weighted by molar-refractivity contribution is 1.63. The van der Waals surface area contributed by atoms with Crippen molar-refractivity contribution < 1.29 is 0 Å². The Morgan fingerprint density at radius 2 is 0.517 bits per heavy atom. The topological polar surface area (TPSA) is 0 Å². The van der Waals surface area contributed by atoms with E-state index < -0.39 is 0 Å². The second kappa shape index (κ2) is 13.9. The van der Waals surface area contributed by atoms with Crippen LogP contribution in [0.2, 0.25) is 0 Å². The molecule has 0 nitrogen and oxygen atoms in total. The summed E-state index contributed by atoms with van der Waals surface area (Å²) in [5, 5.41) is 15.0. The molecule has 0 atom stereocenters. The van der Waals surface area contributed by atoms with E-state index in [1.807, 2.05) is 0 Å². The van der Waals surface area contributed by atoms with Crippen LogP contribution in [0.1, 0.15) is 0 Å². The number of hydrogen-bond acceptors (Lipinski definition) is 0. The van der Waals surface area contributed by atoms with Gasteiger partial charge in [0.25, 0.3) is 0 Å². The fourth-order valence-corrected chi connectivity index (χ4v) is 9.49. The second-order valence-corrected chi connectivity index (χ2v) is 16.1. The van der Waals surface area contributed by atoms with Gasteiger partial charge in [0.05, 0.1) is 0 Å². The maximum absolute atomic E-state index is 2.45. The molecule has 0 radical (unpaired) electrons. The normalized spacial score (nSPS) is 11.7. The van der Waals surface area contributed by atoms with Crippen LogP contribution in [0.15, 0.2) is 231 Å². The van der Waals surface area contributed by atoms with Crippen molar-refractivity contribution in [3.05, 3.63) is 231 Å². The molecule has 0 heteroatoms. The van der Waals surface area contributed by atoms with Crippen molar-refractivity contribution in [1.82, 2.24) is 0 Å². The summed E-state index contributed by atoms with van der Waals surface area (Å²) in [5.41, 5.74) is 12.3. The molecule has 0 saturated heterocycles. The van der Waals surface area contributed by atoms with Crippen molar-refractivity contribution in [1.29, 1.82) is 0 Å². The predicted molar refractivity (Wildman–Crippen MR) is 259 cm³/mol. The first-order valence-corrected chi connectivity index (χ1v) is 20.8. The van der Waals surface area contributed by atoms with Gasteiger partial charge in [0.15, 0.2) is 0 Å². The van der Waals surface area contributed by atoms with Gasteiger partial charge >= 0.3 is 0 Å². The van der Waals surface area contributed by atoms with Crippen molar-refractivity contribution in [3.63, 3.8) is 0 Å². The highest BCUT2D eigenvalue weighted by Gasteiger charge is 2.16. The standard InChI is InChI=1S/C60H38/c1-3-11-39(12-4-1)43-23-19-41-21-25-45(33-50(41)31-43)47-27-29-54-52(35-47)38-60(59-37-49-15-7-8-16-53(49)55-17-9-10-18-56(55)59)58-36-48(28-30-57(54)58)46-26-22-42-20-24-44(32-51(42)34-46)40-13-5-2-6-14-40/h1-38H. The lowest BCUT2D eigenvalue weighted by atomic mass is 9.86. The van der Waals surface area contributed by atoms with Crippen LogP contribution in [0.25, 0.3) is 120 Å². The summed E-state index contributed by atoms with van der Waals surface area (Å²) in [6.07, 6.45) is 0. The van der Waals surface area contributed by atoms with Gasteiger partial charge in [-0.1, -0.05) is 182 Å². The minimum Gasteiger partial charge on any atom is -0.0622 e. The van der Waals surface area contributed by atoms with Crippen LogP contribution >= 0.6 is 0 Å². The SMILES string of the molecule is c1ccc(-c2ccc3ccc(-c4ccc5c(c4)cc(-c4cc6ccccc6c6ccccc46)c4cc(-c6ccc7ccc(-c8ccccc8)cc7c6)ccc45)cc3c2)cc1. The molecule has 0 amide bonds. The van der Waals surface area contributed by atoms with Crippen molar-refractivity contribution in [3.8, 4) is 55.6 Å². The zero-order valence-electron chi connectivity index (χ0n) is 32.9. The van der Waals surface area contributed by atoms with Gasteiger partial charge in [-0.3, -0.25) is 0 Å². The lowest BCUT2D eigenvalue weighted by Crippen LogP contribution is -1.90. The number of benzene rings is 12. The van der Waals surface area contributed by atoms with Crippen molar-refractivity contribution in [2.24, 2.45) is 0 Å².